The van der Waals surface area contributed by atoms with Gasteiger partial charge in [0.05, 0.1) is 5.56 Å². The second kappa shape index (κ2) is 4.73. The molecule has 0 amide bonds. The van der Waals surface area contributed by atoms with Gasteiger partial charge < -0.3 is 10.3 Å². The molecule has 100 valence electrons. The topological polar surface area (TPSA) is 64.9 Å². The summed E-state index contributed by atoms with van der Waals surface area (Å²) in [6, 6.07) is 7.28. The van der Waals surface area contributed by atoms with Gasteiger partial charge in [0.25, 0.3) is 0 Å². The molecule has 0 atom stereocenters. The first-order chi connectivity index (χ1) is 9.68. The number of hydrogen-bond donors (Lipinski definition) is 1. The number of nitrogens with zero attached hydrogens (tertiary/aromatic N) is 2. The van der Waals surface area contributed by atoms with E-state index in [-0.39, 0.29) is 17.1 Å². The molecule has 4 nitrogen and oxygen atoms in total. The molecule has 2 N–H and O–H groups in total. The van der Waals surface area contributed by atoms with Gasteiger partial charge in [-0.2, -0.15) is 0 Å². The quantitative estimate of drug-likeness (QED) is 0.778. The van der Waals surface area contributed by atoms with E-state index in [4.69, 9.17) is 10.3 Å². The van der Waals surface area contributed by atoms with Crippen molar-refractivity contribution in [2.75, 3.05) is 5.73 Å². The fourth-order valence-electron chi connectivity index (χ4n) is 1.96. The molecule has 0 spiro atoms. The van der Waals surface area contributed by atoms with Gasteiger partial charge >= 0.3 is 0 Å². The Hall–Kier alpha value is -2.76. The maximum atomic E-state index is 13.9. The lowest BCUT2D eigenvalue weighted by Gasteiger charge is -2.04. The van der Waals surface area contributed by atoms with E-state index in [0.29, 0.717) is 11.1 Å². The lowest BCUT2D eigenvalue weighted by molar-refractivity contribution is 0.438. The third kappa shape index (κ3) is 1.91. The highest BCUT2D eigenvalue weighted by Gasteiger charge is 2.21. The molecule has 3 rings (SSSR count). The monoisotopic (exact) mass is 273 g/mol. The first kappa shape index (κ1) is 12.3. The van der Waals surface area contributed by atoms with Gasteiger partial charge in [0, 0.05) is 23.5 Å². The smallest absolute Gasteiger partial charge is 0.230 e. The van der Waals surface area contributed by atoms with Crippen LogP contribution >= 0.6 is 0 Å². The minimum atomic E-state index is -0.994. The SMILES string of the molecule is Nc1onc(-c2cccc(F)c2F)c1-c1cccnc1. The van der Waals surface area contributed by atoms with E-state index in [1.165, 1.54) is 12.1 Å². The van der Waals surface area contributed by atoms with E-state index in [0.717, 1.165) is 6.07 Å². The largest absolute Gasteiger partial charge is 0.367 e. The summed E-state index contributed by atoms with van der Waals surface area (Å²) in [7, 11) is 0. The van der Waals surface area contributed by atoms with Gasteiger partial charge in [-0.3, -0.25) is 4.98 Å². The molecule has 0 aliphatic carbocycles. The summed E-state index contributed by atoms with van der Waals surface area (Å²) >= 11 is 0. The molecule has 0 aliphatic heterocycles. The molecule has 3 aromatic rings. The minimum absolute atomic E-state index is 0.00990. The van der Waals surface area contributed by atoms with Crippen molar-refractivity contribution in [2.24, 2.45) is 0 Å². The Morgan fingerprint density at radius 1 is 1.10 bits per heavy atom. The van der Waals surface area contributed by atoms with Gasteiger partial charge in [-0.05, 0) is 18.2 Å². The van der Waals surface area contributed by atoms with Gasteiger partial charge in [0.2, 0.25) is 5.88 Å². The summed E-state index contributed by atoms with van der Waals surface area (Å²) in [6.07, 6.45) is 3.14. The highest BCUT2D eigenvalue weighted by atomic mass is 19.2. The van der Waals surface area contributed by atoms with Crippen molar-refractivity contribution in [3.8, 4) is 22.4 Å². The Morgan fingerprint density at radius 2 is 1.95 bits per heavy atom. The maximum absolute atomic E-state index is 13.9. The Bertz CT molecular complexity index is 756. The normalized spacial score (nSPS) is 10.7. The van der Waals surface area contributed by atoms with E-state index in [2.05, 4.69) is 10.1 Å². The molecule has 2 heterocycles. The summed E-state index contributed by atoms with van der Waals surface area (Å²) in [5, 5.41) is 3.73. The van der Waals surface area contributed by atoms with Crippen LogP contribution in [-0.4, -0.2) is 10.1 Å². The predicted molar refractivity (Wildman–Crippen MR) is 69.5 cm³/mol. The minimum Gasteiger partial charge on any atom is -0.367 e. The Morgan fingerprint density at radius 3 is 2.70 bits per heavy atom. The highest BCUT2D eigenvalue weighted by molar-refractivity contribution is 5.86. The van der Waals surface area contributed by atoms with Crippen LogP contribution < -0.4 is 5.73 Å². The highest BCUT2D eigenvalue weighted by Crippen LogP contribution is 2.37. The molecule has 2 aromatic heterocycles. The molecule has 0 fully saturated rings. The van der Waals surface area contributed by atoms with Gasteiger partial charge in [0.1, 0.15) is 5.69 Å². The van der Waals surface area contributed by atoms with Gasteiger partial charge in [-0.15, -0.1) is 0 Å². The molecule has 0 saturated carbocycles. The van der Waals surface area contributed by atoms with Crippen molar-refractivity contribution in [1.29, 1.82) is 0 Å². The summed E-state index contributed by atoms with van der Waals surface area (Å²) in [5.74, 6) is -1.93. The van der Waals surface area contributed by atoms with Crippen molar-refractivity contribution in [1.82, 2.24) is 10.1 Å². The summed E-state index contributed by atoms with van der Waals surface area (Å²) in [6.45, 7) is 0. The molecular weight excluding hydrogens is 264 g/mol. The first-order valence-electron chi connectivity index (χ1n) is 5.78. The summed E-state index contributed by atoms with van der Waals surface area (Å²) < 4.78 is 32.1. The summed E-state index contributed by atoms with van der Waals surface area (Å²) in [5.41, 5.74) is 6.87. The van der Waals surface area contributed by atoms with Gasteiger partial charge in [0.15, 0.2) is 11.6 Å². The average molecular weight is 273 g/mol. The van der Waals surface area contributed by atoms with E-state index in [9.17, 15) is 8.78 Å². The van der Waals surface area contributed by atoms with Crippen LogP contribution in [0.4, 0.5) is 14.7 Å². The molecule has 0 aliphatic rings. The van der Waals surface area contributed by atoms with Crippen LogP contribution in [-0.2, 0) is 0 Å². The Kier molecular flexibility index (Phi) is 2.90. The van der Waals surface area contributed by atoms with E-state index in [1.807, 2.05) is 0 Å². The molecule has 0 bridgehead atoms. The van der Waals surface area contributed by atoms with Crippen LogP contribution in [0.25, 0.3) is 22.4 Å². The Labute approximate surface area is 112 Å². The standard InChI is InChI=1S/C14H9F2N3O/c15-10-5-1-4-9(12(10)16)13-11(14(17)20-19-13)8-3-2-6-18-7-8/h1-7H,17H2. The fraction of sp³-hybridized carbons (Fsp3) is 0. The number of pyridine rings is 1. The Balaban J connectivity index is 2.24. The number of benzene rings is 1. The number of aromatic nitrogens is 2. The van der Waals surface area contributed by atoms with Crippen molar-refractivity contribution in [3.05, 3.63) is 54.4 Å². The lowest BCUT2D eigenvalue weighted by atomic mass is 10.0. The zero-order valence-corrected chi connectivity index (χ0v) is 10.2. The maximum Gasteiger partial charge on any atom is 0.230 e. The van der Waals surface area contributed by atoms with Crippen LogP contribution in [0.5, 0.6) is 0 Å². The molecule has 0 radical (unpaired) electrons. The van der Waals surface area contributed by atoms with Gasteiger partial charge in [-0.25, -0.2) is 8.78 Å². The van der Waals surface area contributed by atoms with Crippen LogP contribution in [0, 0.1) is 11.6 Å². The van der Waals surface area contributed by atoms with Crippen molar-refractivity contribution in [3.63, 3.8) is 0 Å². The molecule has 6 heteroatoms. The zero-order chi connectivity index (χ0) is 14.1. The summed E-state index contributed by atoms with van der Waals surface area (Å²) in [4.78, 5) is 3.96. The van der Waals surface area contributed by atoms with Crippen molar-refractivity contribution in [2.45, 2.75) is 0 Å². The molecule has 1 aromatic carbocycles. The van der Waals surface area contributed by atoms with Crippen LogP contribution in [0.1, 0.15) is 0 Å². The zero-order valence-electron chi connectivity index (χ0n) is 10.2. The number of nitrogens with two attached hydrogens (primary N) is 1. The number of anilines is 1. The van der Waals surface area contributed by atoms with Crippen LogP contribution in [0.15, 0.2) is 47.2 Å². The predicted octanol–water partition coefficient (Wildman–Crippen LogP) is 3.26. The molecular formula is C14H9F2N3O. The van der Waals surface area contributed by atoms with Gasteiger partial charge in [-0.1, -0.05) is 17.3 Å². The lowest BCUT2D eigenvalue weighted by Crippen LogP contribution is -1.92. The van der Waals surface area contributed by atoms with Crippen molar-refractivity contribution >= 4 is 5.88 Å². The van der Waals surface area contributed by atoms with Crippen molar-refractivity contribution < 1.29 is 13.3 Å². The van der Waals surface area contributed by atoms with Crippen LogP contribution in [0.2, 0.25) is 0 Å². The fourth-order valence-corrected chi connectivity index (χ4v) is 1.96. The number of rotatable bonds is 2. The molecule has 20 heavy (non-hydrogen) atoms. The van der Waals surface area contributed by atoms with Crippen LogP contribution in [0.3, 0.4) is 0 Å². The number of halogens is 2. The van der Waals surface area contributed by atoms with E-state index in [1.54, 1.807) is 24.5 Å². The van der Waals surface area contributed by atoms with E-state index >= 15 is 0 Å². The second-order valence-corrected chi connectivity index (χ2v) is 4.11. The second-order valence-electron chi connectivity index (χ2n) is 4.11. The van der Waals surface area contributed by atoms with E-state index < -0.39 is 11.6 Å². The molecule has 0 unspecified atom stereocenters. The third-order valence-electron chi connectivity index (χ3n) is 2.88. The number of nitrogen functional groups attached to an aromatic ring is 1. The number of hydrogen-bond acceptors (Lipinski definition) is 4. The first-order valence-corrected chi connectivity index (χ1v) is 5.78. The molecule has 0 saturated heterocycles. The third-order valence-corrected chi connectivity index (χ3v) is 2.88. The average Bonchev–Trinajstić information content (AvgIpc) is 2.84.